The van der Waals surface area contributed by atoms with Crippen LogP contribution < -0.4 is 15.5 Å². The third kappa shape index (κ3) is 5.47. The fraction of sp³-hybridized carbons (Fsp3) is 0.400. The zero-order valence-electron chi connectivity index (χ0n) is 15.8. The Labute approximate surface area is 174 Å². The molecule has 3 N–H and O–H groups in total. The maximum Gasteiger partial charge on any atom is 0.227 e. The second-order valence-corrected chi connectivity index (χ2v) is 8.30. The van der Waals surface area contributed by atoms with Gasteiger partial charge in [0.2, 0.25) is 5.91 Å². The molecule has 2 heterocycles. The van der Waals surface area contributed by atoms with Crippen LogP contribution in [0.2, 0.25) is 4.34 Å². The van der Waals surface area contributed by atoms with Crippen LogP contribution in [0.25, 0.3) is 0 Å². The molecule has 1 aliphatic rings. The molecule has 150 valence electrons. The van der Waals surface area contributed by atoms with E-state index in [1.54, 1.807) is 6.07 Å². The second-order valence-electron chi connectivity index (χ2n) is 6.55. The first-order valence-electron chi connectivity index (χ1n) is 9.41. The average Bonchev–Trinajstić information content (AvgIpc) is 3.32. The van der Waals surface area contributed by atoms with Gasteiger partial charge in [-0.15, -0.1) is 11.3 Å². The summed E-state index contributed by atoms with van der Waals surface area (Å²) >= 11 is 7.29. The highest BCUT2D eigenvalue weighted by molar-refractivity contribution is 7.16. The minimum atomic E-state index is -0.640. The normalized spacial score (nSPS) is 15.8. The molecule has 1 unspecified atom stereocenters. The van der Waals surface area contributed by atoms with Crippen molar-refractivity contribution >= 4 is 40.5 Å². The highest BCUT2D eigenvalue weighted by Crippen LogP contribution is 2.26. The van der Waals surface area contributed by atoms with Gasteiger partial charge in [0.1, 0.15) is 6.10 Å². The zero-order chi connectivity index (χ0) is 19.9. The van der Waals surface area contributed by atoms with E-state index in [0.717, 1.165) is 35.6 Å². The van der Waals surface area contributed by atoms with E-state index in [2.05, 4.69) is 15.6 Å². The van der Waals surface area contributed by atoms with Gasteiger partial charge in [-0.2, -0.15) is 0 Å². The van der Waals surface area contributed by atoms with Gasteiger partial charge in [-0.25, -0.2) is 4.99 Å². The number of nitrogens with zero attached hydrogens (tertiary/aromatic N) is 2. The maximum atomic E-state index is 11.8. The molecule has 28 heavy (non-hydrogen) atoms. The molecule has 0 bridgehead atoms. The monoisotopic (exact) mass is 420 g/mol. The van der Waals surface area contributed by atoms with Crippen molar-refractivity contribution in [1.29, 1.82) is 0 Å². The molecule has 3 rings (SSSR count). The number of amides is 1. The summed E-state index contributed by atoms with van der Waals surface area (Å²) in [7, 11) is 0. The Morgan fingerprint density at radius 2 is 2.07 bits per heavy atom. The number of aliphatic hydroxyl groups excluding tert-OH is 1. The standard InChI is InChI=1S/C20H25ClN4O2S/c1-2-22-20(24-13-16(26)17-9-10-18(21)28-17)23-12-14-5-7-15(8-6-14)25-11-3-4-19(25)27/h5-10,16,26H,2-4,11-13H2,1H3,(H2,22,23,24). The average molecular weight is 421 g/mol. The first-order valence-corrected chi connectivity index (χ1v) is 10.6. The van der Waals surface area contributed by atoms with E-state index in [0.29, 0.717) is 29.8 Å². The molecule has 2 aromatic rings. The lowest BCUT2D eigenvalue weighted by Crippen LogP contribution is -2.39. The number of carbonyl (C=O) groups is 1. The van der Waals surface area contributed by atoms with Crippen molar-refractivity contribution in [2.24, 2.45) is 4.99 Å². The lowest BCUT2D eigenvalue weighted by molar-refractivity contribution is -0.117. The summed E-state index contributed by atoms with van der Waals surface area (Å²) < 4.78 is 0.661. The molecule has 1 aromatic heterocycles. The highest BCUT2D eigenvalue weighted by Gasteiger charge is 2.21. The summed E-state index contributed by atoms with van der Waals surface area (Å²) in [6, 6.07) is 11.5. The number of nitrogens with one attached hydrogen (secondary N) is 2. The molecule has 0 radical (unpaired) electrons. The van der Waals surface area contributed by atoms with Crippen LogP contribution in [-0.2, 0) is 11.3 Å². The number of thiophene rings is 1. The van der Waals surface area contributed by atoms with Crippen LogP contribution in [0.5, 0.6) is 0 Å². The van der Waals surface area contributed by atoms with Crippen molar-refractivity contribution in [3.63, 3.8) is 0 Å². The SMILES string of the molecule is CCNC(=NCc1ccc(N2CCCC2=O)cc1)NCC(O)c1ccc(Cl)s1. The van der Waals surface area contributed by atoms with Gasteiger partial charge in [-0.3, -0.25) is 4.79 Å². The molecule has 0 spiro atoms. The van der Waals surface area contributed by atoms with Crippen LogP contribution in [0.3, 0.4) is 0 Å². The Morgan fingerprint density at radius 1 is 1.29 bits per heavy atom. The van der Waals surface area contributed by atoms with Crippen molar-refractivity contribution in [3.8, 4) is 0 Å². The lowest BCUT2D eigenvalue weighted by atomic mass is 10.2. The summed E-state index contributed by atoms with van der Waals surface area (Å²) in [5, 5.41) is 16.6. The quantitative estimate of drug-likeness (QED) is 0.474. The van der Waals surface area contributed by atoms with E-state index in [4.69, 9.17) is 11.6 Å². The van der Waals surface area contributed by atoms with E-state index in [-0.39, 0.29) is 5.91 Å². The number of carbonyl (C=O) groups excluding carboxylic acids is 1. The molecular weight excluding hydrogens is 396 g/mol. The third-order valence-corrected chi connectivity index (χ3v) is 5.80. The number of hydrogen-bond donors (Lipinski definition) is 3. The molecule has 8 heteroatoms. The minimum absolute atomic E-state index is 0.190. The van der Waals surface area contributed by atoms with Crippen molar-refractivity contribution in [2.75, 3.05) is 24.5 Å². The van der Waals surface area contributed by atoms with Gasteiger partial charge in [-0.05, 0) is 43.2 Å². The first-order chi connectivity index (χ1) is 13.6. The minimum Gasteiger partial charge on any atom is -0.386 e. The Kier molecular flexibility index (Phi) is 7.30. The number of hydrogen-bond acceptors (Lipinski definition) is 4. The van der Waals surface area contributed by atoms with Gasteiger partial charge in [-0.1, -0.05) is 23.7 Å². The van der Waals surface area contributed by atoms with Gasteiger partial charge in [0.25, 0.3) is 0 Å². The molecule has 1 aliphatic heterocycles. The van der Waals surface area contributed by atoms with E-state index < -0.39 is 6.10 Å². The third-order valence-electron chi connectivity index (χ3n) is 4.47. The smallest absolute Gasteiger partial charge is 0.227 e. The van der Waals surface area contributed by atoms with Gasteiger partial charge in [0, 0.05) is 36.6 Å². The summed E-state index contributed by atoms with van der Waals surface area (Å²) in [6.07, 6.45) is 0.915. The van der Waals surface area contributed by atoms with Crippen LogP contribution in [-0.4, -0.2) is 36.6 Å². The summed E-state index contributed by atoms with van der Waals surface area (Å²) in [5.41, 5.74) is 2.00. The van der Waals surface area contributed by atoms with Crippen LogP contribution in [0, 0.1) is 0 Å². The molecule has 0 saturated carbocycles. The molecule has 1 atom stereocenters. The summed E-state index contributed by atoms with van der Waals surface area (Å²) in [5.74, 6) is 0.831. The Balaban J connectivity index is 1.56. The molecule has 1 saturated heterocycles. The number of guanidine groups is 1. The fourth-order valence-corrected chi connectivity index (χ4v) is 4.06. The fourth-order valence-electron chi connectivity index (χ4n) is 3.02. The predicted molar refractivity (Wildman–Crippen MR) is 115 cm³/mol. The Morgan fingerprint density at radius 3 is 2.68 bits per heavy atom. The van der Waals surface area contributed by atoms with E-state index >= 15 is 0 Å². The second kappa shape index (κ2) is 9.91. The molecule has 1 amide bonds. The van der Waals surface area contributed by atoms with Gasteiger partial charge < -0.3 is 20.6 Å². The van der Waals surface area contributed by atoms with Crippen LogP contribution in [0.1, 0.15) is 36.3 Å². The maximum absolute atomic E-state index is 11.8. The van der Waals surface area contributed by atoms with Crippen LogP contribution in [0.4, 0.5) is 5.69 Å². The van der Waals surface area contributed by atoms with Crippen LogP contribution in [0.15, 0.2) is 41.4 Å². The molecular formula is C20H25ClN4O2S. The van der Waals surface area contributed by atoms with Gasteiger partial charge in [0.05, 0.1) is 10.9 Å². The van der Waals surface area contributed by atoms with Crippen molar-refractivity contribution in [2.45, 2.75) is 32.4 Å². The van der Waals surface area contributed by atoms with Crippen molar-refractivity contribution in [1.82, 2.24) is 10.6 Å². The Bertz CT molecular complexity index is 822. The first kappa shape index (κ1) is 20.6. The van der Waals surface area contributed by atoms with E-state index in [1.807, 2.05) is 42.2 Å². The van der Waals surface area contributed by atoms with Crippen LogP contribution >= 0.6 is 22.9 Å². The highest BCUT2D eigenvalue weighted by atomic mass is 35.5. The number of halogens is 1. The van der Waals surface area contributed by atoms with Crippen molar-refractivity contribution < 1.29 is 9.90 Å². The van der Waals surface area contributed by atoms with Crippen molar-refractivity contribution in [3.05, 3.63) is 51.2 Å². The lowest BCUT2D eigenvalue weighted by Gasteiger charge is -2.16. The number of aliphatic imine (C=N–C) groups is 1. The molecule has 1 fully saturated rings. The van der Waals surface area contributed by atoms with Gasteiger partial charge in [0.15, 0.2) is 5.96 Å². The topological polar surface area (TPSA) is 77.0 Å². The zero-order valence-corrected chi connectivity index (χ0v) is 17.4. The number of rotatable bonds is 7. The largest absolute Gasteiger partial charge is 0.386 e. The van der Waals surface area contributed by atoms with Gasteiger partial charge >= 0.3 is 0 Å². The summed E-state index contributed by atoms with van der Waals surface area (Å²) in [4.78, 5) is 19.1. The molecule has 1 aromatic carbocycles. The Hall–Kier alpha value is -2.09. The van der Waals surface area contributed by atoms with E-state index in [1.165, 1.54) is 11.3 Å². The molecule has 6 nitrogen and oxygen atoms in total. The number of benzene rings is 1. The summed E-state index contributed by atoms with van der Waals surface area (Å²) in [6.45, 7) is 4.36. The predicted octanol–water partition coefficient (Wildman–Crippen LogP) is 3.32. The molecule has 0 aliphatic carbocycles. The van der Waals surface area contributed by atoms with E-state index in [9.17, 15) is 9.90 Å². The number of aliphatic hydroxyl groups is 1. The number of anilines is 1.